The second kappa shape index (κ2) is 8.70. The number of carbonyl (C=O) groups excluding carboxylic acids is 3. The second-order valence-electron chi connectivity index (χ2n) is 8.20. The summed E-state index contributed by atoms with van der Waals surface area (Å²) in [4.78, 5) is 39.6. The van der Waals surface area contributed by atoms with Crippen LogP contribution in [0.15, 0.2) is 60.7 Å². The Balaban J connectivity index is 1.42. The molecular weight excluding hydrogens is 404 g/mol. The van der Waals surface area contributed by atoms with E-state index in [-0.39, 0.29) is 24.1 Å². The molecule has 1 aliphatic rings. The molecule has 0 saturated carbocycles. The third kappa shape index (κ3) is 4.42. The minimum atomic E-state index is -0.452. The summed E-state index contributed by atoms with van der Waals surface area (Å²) >= 11 is 0. The van der Waals surface area contributed by atoms with Gasteiger partial charge in [0.25, 0.3) is 5.91 Å². The first-order valence-corrected chi connectivity index (χ1v) is 10.6. The molecule has 1 atom stereocenters. The van der Waals surface area contributed by atoms with Gasteiger partial charge >= 0.3 is 0 Å². The Hall–Kier alpha value is -3.87. The number of rotatable bonds is 5. The van der Waals surface area contributed by atoms with E-state index in [1.54, 1.807) is 33.8 Å². The number of amides is 3. The van der Waals surface area contributed by atoms with Crippen LogP contribution in [0.4, 0.5) is 11.4 Å². The maximum absolute atomic E-state index is 12.8. The van der Waals surface area contributed by atoms with E-state index in [2.05, 4.69) is 10.7 Å². The van der Waals surface area contributed by atoms with Crippen molar-refractivity contribution >= 4 is 29.1 Å². The van der Waals surface area contributed by atoms with Gasteiger partial charge in [-0.1, -0.05) is 23.8 Å². The fraction of sp³-hybridized carbons (Fsp3) is 0.240. The summed E-state index contributed by atoms with van der Waals surface area (Å²) in [5.41, 5.74) is 7.56. The van der Waals surface area contributed by atoms with Crippen molar-refractivity contribution in [2.75, 3.05) is 22.2 Å². The number of carbonyl (C=O) groups is 3. The molecule has 0 unspecified atom stereocenters. The number of anilines is 2. The number of nitrogens with zero attached hydrogens (tertiary/aromatic N) is 2. The van der Waals surface area contributed by atoms with Gasteiger partial charge in [-0.3, -0.25) is 24.5 Å². The van der Waals surface area contributed by atoms with Gasteiger partial charge in [-0.15, -0.1) is 0 Å². The van der Waals surface area contributed by atoms with Gasteiger partial charge < -0.3 is 10.2 Å². The Labute approximate surface area is 187 Å². The Morgan fingerprint density at radius 1 is 0.938 bits per heavy atom. The van der Waals surface area contributed by atoms with E-state index >= 15 is 0 Å². The first-order chi connectivity index (χ1) is 15.3. The normalized spacial score (nSPS) is 15.7. The van der Waals surface area contributed by atoms with Gasteiger partial charge in [0.15, 0.2) is 0 Å². The molecule has 0 bridgehead atoms. The van der Waals surface area contributed by atoms with E-state index in [0.29, 0.717) is 17.8 Å². The smallest absolute Gasteiger partial charge is 0.270 e. The van der Waals surface area contributed by atoms with Gasteiger partial charge in [-0.2, -0.15) is 0 Å². The van der Waals surface area contributed by atoms with Crippen molar-refractivity contribution in [3.63, 3.8) is 0 Å². The topological polar surface area (TPSA) is 83.4 Å². The van der Waals surface area contributed by atoms with Crippen molar-refractivity contribution in [2.24, 2.45) is 5.92 Å². The van der Waals surface area contributed by atoms with Gasteiger partial charge in [-0.05, 0) is 63.2 Å². The number of benzene rings is 2. The van der Waals surface area contributed by atoms with Gasteiger partial charge in [0.1, 0.15) is 0 Å². The van der Waals surface area contributed by atoms with Crippen molar-refractivity contribution in [1.82, 2.24) is 4.68 Å². The zero-order valence-electron chi connectivity index (χ0n) is 18.4. The van der Waals surface area contributed by atoms with E-state index in [1.807, 2.05) is 57.2 Å². The van der Waals surface area contributed by atoms with E-state index in [1.165, 1.54) is 0 Å². The first kappa shape index (κ1) is 21.4. The SMILES string of the molecule is Cc1ccc(N2C[C@@H](C(=O)Nc3cccc(C(=O)Nn4c(C)ccc4C)c3)CC2=O)cc1. The summed E-state index contributed by atoms with van der Waals surface area (Å²) in [6.07, 6.45) is 0.159. The van der Waals surface area contributed by atoms with Crippen LogP contribution in [0.1, 0.15) is 33.7 Å². The molecule has 1 aliphatic heterocycles. The van der Waals surface area contributed by atoms with Crippen LogP contribution in [0.5, 0.6) is 0 Å². The minimum Gasteiger partial charge on any atom is -0.326 e. The fourth-order valence-corrected chi connectivity index (χ4v) is 3.85. The first-order valence-electron chi connectivity index (χ1n) is 10.6. The molecule has 32 heavy (non-hydrogen) atoms. The largest absolute Gasteiger partial charge is 0.326 e. The van der Waals surface area contributed by atoms with Crippen molar-refractivity contribution in [1.29, 1.82) is 0 Å². The molecule has 164 valence electrons. The van der Waals surface area contributed by atoms with Crippen LogP contribution in [0.2, 0.25) is 0 Å². The molecule has 7 heteroatoms. The number of hydrogen-bond acceptors (Lipinski definition) is 3. The zero-order valence-corrected chi connectivity index (χ0v) is 18.4. The molecular formula is C25H26N4O3. The van der Waals surface area contributed by atoms with E-state index in [4.69, 9.17) is 0 Å². The maximum Gasteiger partial charge on any atom is 0.270 e. The van der Waals surface area contributed by atoms with Gasteiger partial charge in [0.05, 0.1) is 5.92 Å². The highest BCUT2D eigenvalue weighted by molar-refractivity contribution is 6.05. The van der Waals surface area contributed by atoms with Gasteiger partial charge in [0.2, 0.25) is 11.8 Å². The van der Waals surface area contributed by atoms with Crippen LogP contribution in [0.25, 0.3) is 0 Å². The van der Waals surface area contributed by atoms with Crippen molar-refractivity contribution in [3.8, 4) is 0 Å². The molecule has 0 spiro atoms. The lowest BCUT2D eigenvalue weighted by atomic mass is 10.1. The molecule has 3 amide bonds. The highest BCUT2D eigenvalue weighted by Gasteiger charge is 2.35. The van der Waals surface area contributed by atoms with Crippen LogP contribution in [0.3, 0.4) is 0 Å². The lowest BCUT2D eigenvalue weighted by Crippen LogP contribution is -2.28. The van der Waals surface area contributed by atoms with E-state index in [9.17, 15) is 14.4 Å². The van der Waals surface area contributed by atoms with E-state index in [0.717, 1.165) is 22.6 Å². The molecule has 1 saturated heterocycles. The molecule has 0 aliphatic carbocycles. The fourth-order valence-electron chi connectivity index (χ4n) is 3.85. The molecule has 2 aromatic carbocycles. The Morgan fingerprint density at radius 2 is 1.62 bits per heavy atom. The molecule has 1 aromatic heterocycles. The monoisotopic (exact) mass is 430 g/mol. The third-order valence-corrected chi connectivity index (χ3v) is 5.72. The standard InChI is InChI=1S/C25H26N4O3/c1-16-7-11-22(12-8-16)28-15-20(14-23(28)30)24(31)26-21-6-4-5-19(13-21)25(32)27-29-17(2)9-10-18(29)3/h4-13,20H,14-15H2,1-3H3,(H,26,31)(H,27,32)/t20-/m0/s1. The Bertz CT molecular complexity index is 1160. The van der Waals surface area contributed by atoms with Gasteiger partial charge in [0, 0.05) is 41.3 Å². The van der Waals surface area contributed by atoms with Gasteiger partial charge in [-0.25, -0.2) is 0 Å². The summed E-state index contributed by atoms with van der Waals surface area (Å²) < 4.78 is 1.72. The number of nitrogens with one attached hydrogen (secondary N) is 2. The quantitative estimate of drug-likeness (QED) is 0.646. The summed E-state index contributed by atoms with van der Waals surface area (Å²) in [5.74, 6) is -1.03. The summed E-state index contributed by atoms with van der Waals surface area (Å²) in [7, 11) is 0. The predicted molar refractivity (Wildman–Crippen MR) is 124 cm³/mol. The van der Waals surface area contributed by atoms with Crippen molar-refractivity contribution in [2.45, 2.75) is 27.2 Å². The van der Waals surface area contributed by atoms with Crippen molar-refractivity contribution < 1.29 is 14.4 Å². The van der Waals surface area contributed by atoms with Crippen LogP contribution >= 0.6 is 0 Å². The third-order valence-electron chi connectivity index (χ3n) is 5.72. The average molecular weight is 431 g/mol. The highest BCUT2D eigenvalue weighted by Crippen LogP contribution is 2.26. The molecule has 4 rings (SSSR count). The van der Waals surface area contributed by atoms with Crippen LogP contribution in [0, 0.1) is 26.7 Å². The zero-order chi connectivity index (χ0) is 22.8. The summed E-state index contributed by atoms with van der Waals surface area (Å²) in [6.45, 7) is 6.14. The van der Waals surface area contributed by atoms with Crippen molar-refractivity contribution in [3.05, 3.63) is 83.2 Å². The minimum absolute atomic E-state index is 0.0698. The Morgan fingerprint density at radius 3 is 2.31 bits per heavy atom. The molecule has 0 radical (unpaired) electrons. The number of aryl methyl sites for hydroxylation is 3. The van der Waals surface area contributed by atoms with Crippen LogP contribution < -0.4 is 15.6 Å². The molecule has 1 fully saturated rings. The summed E-state index contributed by atoms with van der Waals surface area (Å²) in [6, 6.07) is 18.3. The van der Waals surface area contributed by atoms with E-state index < -0.39 is 5.92 Å². The summed E-state index contributed by atoms with van der Waals surface area (Å²) in [5, 5.41) is 2.86. The molecule has 2 heterocycles. The van der Waals surface area contributed by atoms with Crippen LogP contribution in [-0.2, 0) is 9.59 Å². The number of aromatic nitrogens is 1. The average Bonchev–Trinajstić information content (AvgIpc) is 3.31. The molecule has 2 N–H and O–H groups in total. The van der Waals surface area contributed by atoms with Crippen LogP contribution in [-0.4, -0.2) is 28.9 Å². The molecule has 7 nitrogen and oxygen atoms in total. The molecule has 3 aromatic rings. The highest BCUT2D eigenvalue weighted by atomic mass is 16.2. The maximum atomic E-state index is 12.8. The lowest BCUT2D eigenvalue weighted by Gasteiger charge is -2.17. The Kier molecular flexibility index (Phi) is 5.81. The second-order valence-corrected chi connectivity index (χ2v) is 8.20. The predicted octanol–water partition coefficient (Wildman–Crippen LogP) is 3.79. The number of hydrogen-bond donors (Lipinski definition) is 2. The lowest BCUT2D eigenvalue weighted by molar-refractivity contribution is -0.122.